The number of rotatable bonds is 10. The second-order valence-electron chi connectivity index (χ2n) is 11.3. The summed E-state index contributed by atoms with van der Waals surface area (Å²) in [5.41, 5.74) is 0.0287. The molecule has 232 valence electrons. The third kappa shape index (κ3) is 9.46. The van der Waals surface area contributed by atoms with E-state index in [1.807, 2.05) is 37.3 Å². The van der Waals surface area contributed by atoms with Crippen LogP contribution in [-0.2, 0) is 38.8 Å². The molecule has 0 spiro atoms. The van der Waals surface area contributed by atoms with Gasteiger partial charge in [-0.1, -0.05) is 66.2 Å². The van der Waals surface area contributed by atoms with E-state index >= 15 is 0 Å². The SMILES string of the molecule is Cc1ccccc1CN(C(=O)CN(c1ccc(Cl)c(C(F)(F)F)c1)S(C)(=O)=O)C(Cc1ccccc1)C(=O)NC(C)(C)C. The first-order chi connectivity index (χ1) is 19.9. The van der Waals surface area contributed by atoms with Crippen molar-refractivity contribution in [3.05, 3.63) is 100 Å². The number of carbonyl (C=O) groups excluding carboxylic acids is 2. The number of nitrogens with one attached hydrogen (secondary N) is 1. The molecule has 1 atom stereocenters. The highest BCUT2D eigenvalue weighted by Crippen LogP contribution is 2.37. The Labute approximate surface area is 255 Å². The zero-order chi connectivity index (χ0) is 32.2. The summed E-state index contributed by atoms with van der Waals surface area (Å²) in [6.07, 6.45) is -3.96. The van der Waals surface area contributed by atoms with Crippen LogP contribution in [0.25, 0.3) is 0 Å². The van der Waals surface area contributed by atoms with E-state index in [1.165, 1.54) is 4.90 Å². The first-order valence-corrected chi connectivity index (χ1v) is 15.6. The Morgan fingerprint density at radius 2 is 1.56 bits per heavy atom. The third-order valence-corrected chi connectivity index (χ3v) is 8.06. The summed E-state index contributed by atoms with van der Waals surface area (Å²) in [4.78, 5) is 29.2. The lowest BCUT2D eigenvalue weighted by molar-refractivity contribution is -0.140. The molecule has 1 N–H and O–H groups in total. The Morgan fingerprint density at radius 3 is 2.12 bits per heavy atom. The quantitative estimate of drug-likeness (QED) is 0.296. The smallest absolute Gasteiger partial charge is 0.350 e. The Hall–Kier alpha value is -3.57. The van der Waals surface area contributed by atoms with E-state index in [4.69, 9.17) is 11.6 Å². The van der Waals surface area contributed by atoms with Crippen LogP contribution in [0.4, 0.5) is 18.9 Å². The lowest BCUT2D eigenvalue weighted by atomic mass is 10.00. The molecule has 12 heteroatoms. The predicted octanol–water partition coefficient (Wildman–Crippen LogP) is 5.99. The van der Waals surface area contributed by atoms with Crippen molar-refractivity contribution in [1.29, 1.82) is 0 Å². The number of carbonyl (C=O) groups is 2. The summed E-state index contributed by atoms with van der Waals surface area (Å²) in [5.74, 6) is -1.24. The molecule has 3 aromatic carbocycles. The molecule has 0 heterocycles. The summed E-state index contributed by atoms with van der Waals surface area (Å²) in [7, 11) is -4.26. The van der Waals surface area contributed by atoms with Gasteiger partial charge < -0.3 is 10.2 Å². The number of benzene rings is 3. The van der Waals surface area contributed by atoms with E-state index < -0.39 is 56.7 Å². The fraction of sp³-hybridized carbons (Fsp3) is 0.355. The maximum Gasteiger partial charge on any atom is 0.417 e. The van der Waals surface area contributed by atoms with Gasteiger partial charge in [-0.2, -0.15) is 13.2 Å². The van der Waals surface area contributed by atoms with E-state index in [0.29, 0.717) is 15.9 Å². The Bertz CT molecular complexity index is 1560. The molecule has 1 unspecified atom stereocenters. The van der Waals surface area contributed by atoms with Gasteiger partial charge in [0.05, 0.1) is 22.5 Å². The molecule has 2 amide bonds. The minimum atomic E-state index is -4.86. The van der Waals surface area contributed by atoms with E-state index in [0.717, 1.165) is 29.5 Å². The fourth-order valence-electron chi connectivity index (χ4n) is 4.48. The molecule has 7 nitrogen and oxygen atoms in total. The van der Waals surface area contributed by atoms with Gasteiger partial charge in [-0.25, -0.2) is 8.42 Å². The number of aryl methyl sites for hydroxylation is 1. The topological polar surface area (TPSA) is 86.8 Å². The second-order valence-corrected chi connectivity index (χ2v) is 13.6. The van der Waals surface area contributed by atoms with Crippen LogP contribution in [0.15, 0.2) is 72.8 Å². The number of hydrogen-bond donors (Lipinski definition) is 1. The van der Waals surface area contributed by atoms with Crippen LogP contribution >= 0.6 is 11.6 Å². The highest BCUT2D eigenvalue weighted by atomic mass is 35.5. The minimum absolute atomic E-state index is 0.0490. The van der Waals surface area contributed by atoms with Crippen molar-refractivity contribution in [3.63, 3.8) is 0 Å². The fourth-order valence-corrected chi connectivity index (χ4v) is 5.54. The van der Waals surface area contributed by atoms with Crippen LogP contribution in [0.2, 0.25) is 5.02 Å². The molecule has 3 rings (SSSR count). The summed E-state index contributed by atoms with van der Waals surface area (Å²) >= 11 is 5.76. The normalized spacial score (nSPS) is 12.9. The highest BCUT2D eigenvalue weighted by molar-refractivity contribution is 7.92. The molecule has 0 aliphatic carbocycles. The molecular formula is C31H35ClF3N3O4S. The number of hydrogen-bond acceptors (Lipinski definition) is 4. The van der Waals surface area contributed by atoms with Crippen LogP contribution in [0.3, 0.4) is 0 Å². The van der Waals surface area contributed by atoms with Crippen molar-refractivity contribution >= 4 is 39.1 Å². The standard InChI is InChI=1S/C31H35ClF3N3O4S/c1-21-11-9-10-14-23(21)19-37(27(29(40)36-30(2,3)4)17-22-12-7-6-8-13-22)28(39)20-38(43(5,41)42)24-15-16-26(32)25(18-24)31(33,34)35/h6-16,18,27H,17,19-20H2,1-5H3,(H,36,40). The van der Waals surface area contributed by atoms with Gasteiger partial charge in [0.25, 0.3) is 0 Å². The van der Waals surface area contributed by atoms with Gasteiger partial charge in [0.1, 0.15) is 12.6 Å². The molecule has 0 saturated carbocycles. The van der Waals surface area contributed by atoms with Crippen LogP contribution in [0.5, 0.6) is 0 Å². The van der Waals surface area contributed by atoms with E-state index in [9.17, 15) is 31.2 Å². The maximum absolute atomic E-state index is 14.1. The number of nitrogens with zero attached hydrogens (tertiary/aromatic N) is 2. The van der Waals surface area contributed by atoms with Crippen molar-refractivity contribution in [2.75, 3.05) is 17.1 Å². The third-order valence-electron chi connectivity index (χ3n) is 6.59. The van der Waals surface area contributed by atoms with Gasteiger partial charge in [-0.05, 0) is 62.6 Å². The number of anilines is 1. The van der Waals surface area contributed by atoms with Gasteiger partial charge in [-0.15, -0.1) is 0 Å². The number of halogens is 4. The summed E-state index contributed by atoms with van der Waals surface area (Å²) in [6, 6.07) is 17.8. The predicted molar refractivity (Wildman–Crippen MR) is 162 cm³/mol. The van der Waals surface area contributed by atoms with Crippen molar-refractivity contribution in [3.8, 4) is 0 Å². The lowest BCUT2D eigenvalue weighted by Gasteiger charge is -2.35. The zero-order valence-corrected chi connectivity index (χ0v) is 26.1. The molecule has 0 aliphatic heterocycles. The molecule has 0 aromatic heterocycles. The zero-order valence-electron chi connectivity index (χ0n) is 24.6. The average Bonchev–Trinajstić information content (AvgIpc) is 2.89. The largest absolute Gasteiger partial charge is 0.417 e. The molecule has 3 aromatic rings. The summed E-state index contributed by atoms with van der Waals surface area (Å²) in [6.45, 7) is 6.32. The van der Waals surface area contributed by atoms with Gasteiger partial charge in [0.15, 0.2) is 0 Å². The van der Waals surface area contributed by atoms with Crippen molar-refractivity contribution in [1.82, 2.24) is 10.2 Å². The molecule has 0 aliphatic rings. The van der Waals surface area contributed by atoms with Crippen molar-refractivity contribution in [2.45, 2.75) is 58.4 Å². The monoisotopic (exact) mass is 637 g/mol. The van der Waals surface area contributed by atoms with Crippen LogP contribution in [-0.4, -0.2) is 49.5 Å². The second kappa shape index (κ2) is 13.4. The summed E-state index contributed by atoms with van der Waals surface area (Å²) in [5, 5.41) is 2.30. The van der Waals surface area contributed by atoms with Gasteiger partial charge in [0.2, 0.25) is 21.8 Å². The molecular weight excluding hydrogens is 603 g/mol. The molecule has 0 fully saturated rings. The highest BCUT2D eigenvalue weighted by Gasteiger charge is 2.37. The molecule has 0 bridgehead atoms. The molecule has 43 heavy (non-hydrogen) atoms. The lowest BCUT2D eigenvalue weighted by Crippen LogP contribution is -2.56. The van der Waals surface area contributed by atoms with Crippen LogP contribution < -0.4 is 9.62 Å². The Balaban J connectivity index is 2.13. The van der Waals surface area contributed by atoms with E-state index in [1.54, 1.807) is 45.0 Å². The van der Waals surface area contributed by atoms with Crippen LogP contribution in [0.1, 0.15) is 43.0 Å². The Morgan fingerprint density at radius 1 is 0.953 bits per heavy atom. The van der Waals surface area contributed by atoms with Crippen LogP contribution in [0, 0.1) is 6.92 Å². The van der Waals surface area contributed by atoms with Gasteiger partial charge in [0, 0.05) is 18.5 Å². The minimum Gasteiger partial charge on any atom is -0.350 e. The van der Waals surface area contributed by atoms with E-state index in [2.05, 4.69) is 5.32 Å². The first kappa shape index (κ1) is 33.9. The molecule has 0 saturated heterocycles. The summed E-state index contributed by atoms with van der Waals surface area (Å²) < 4.78 is 67.2. The van der Waals surface area contributed by atoms with Crippen molar-refractivity contribution < 1.29 is 31.2 Å². The molecule has 0 radical (unpaired) electrons. The van der Waals surface area contributed by atoms with Crippen molar-refractivity contribution in [2.24, 2.45) is 0 Å². The number of amides is 2. The first-order valence-electron chi connectivity index (χ1n) is 13.4. The average molecular weight is 638 g/mol. The van der Waals surface area contributed by atoms with E-state index in [-0.39, 0.29) is 18.7 Å². The number of sulfonamides is 1. The van der Waals surface area contributed by atoms with Gasteiger partial charge in [-0.3, -0.25) is 13.9 Å². The number of alkyl halides is 3. The maximum atomic E-state index is 14.1. The van der Waals surface area contributed by atoms with Gasteiger partial charge >= 0.3 is 6.18 Å². The Kier molecular flexibility index (Phi) is 10.6.